The lowest BCUT2D eigenvalue weighted by Gasteiger charge is -2.14. The fourth-order valence-corrected chi connectivity index (χ4v) is 3.16. The smallest absolute Gasteiger partial charge is 0.268 e. The molecule has 2 N–H and O–H groups in total. The molecular formula is C25H28FN3O5. The first-order valence-electron chi connectivity index (χ1n) is 11.1. The van der Waals surface area contributed by atoms with Gasteiger partial charge in [0.2, 0.25) is 5.82 Å². The highest BCUT2D eigenvalue weighted by atomic mass is 19.1. The second kappa shape index (κ2) is 11.0. The van der Waals surface area contributed by atoms with E-state index in [1.165, 1.54) is 12.1 Å². The van der Waals surface area contributed by atoms with Crippen LogP contribution in [0.1, 0.15) is 66.8 Å². The van der Waals surface area contributed by atoms with Gasteiger partial charge in [0.1, 0.15) is 11.6 Å². The molecule has 0 aliphatic heterocycles. The molecule has 2 aromatic carbocycles. The number of amides is 1. The van der Waals surface area contributed by atoms with Crippen LogP contribution >= 0.6 is 0 Å². The number of carbonyl (C=O) groups is 2. The average molecular weight is 470 g/mol. The lowest BCUT2D eigenvalue weighted by Crippen LogP contribution is -2.34. The van der Waals surface area contributed by atoms with Gasteiger partial charge >= 0.3 is 0 Å². The second-order valence-electron chi connectivity index (χ2n) is 8.27. The van der Waals surface area contributed by atoms with Crippen LogP contribution in [0.4, 0.5) is 4.39 Å². The van der Waals surface area contributed by atoms with Gasteiger partial charge in [-0.2, -0.15) is 4.98 Å². The minimum atomic E-state index is -0.644. The number of nitrogens with one attached hydrogen (secondary N) is 1. The Bertz CT molecular complexity index is 1140. The number of hydrogen-bond acceptors (Lipinski definition) is 7. The first kappa shape index (κ1) is 25.0. The quantitative estimate of drug-likeness (QED) is 0.424. The summed E-state index contributed by atoms with van der Waals surface area (Å²) in [6.45, 7) is 6.84. The zero-order valence-electron chi connectivity index (χ0n) is 19.5. The summed E-state index contributed by atoms with van der Waals surface area (Å²) in [5.41, 5.74) is 1.10. The lowest BCUT2D eigenvalue weighted by molar-refractivity contribution is 0.0919. The number of ether oxygens (including phenoxy) is 1. The predicted molar refractivity (Wildman–Crippen MR) is 123 cm³/mol. The van der Waals surface area contributed by atoms with Gasteiger partial charge in [-0.3, -0.25) is 9.59 Å². The number of nitrogens with zero attached hydrogens (tertiary/aromatic N) is 2. The number of aromatic nitrogens is 2. The van der Waals surface area contributed by atoms with Crippen LogP contribution in [0.25, 0.3) is 11.4 Å². The van der Waals surface area contributed by atoms with Gasteiger partial charge in [-0.25, -0.2) is 4.39 Å². The van der Waals surface area contributed by atoms with E-state index in [2.05, 4.69) is 15.5 Å². The Labute approximate surface area is 197 Å². The predicted octanol–water partition coefficient (Wildman–Crippen LogP) is 4.36. The summed E-state index contributed by atoms with van der Waals surface area (Å²) in [7, 11) is 0. The number of ketones is 1. The number of halogens is 1. The van der Waals surface area contributed by atoms with Gasteiger partial charge in [0.05, 0.1) is 12.2 Å². The molecule has 8 nitrogen and oxygen atoms in total. The number of benzene rings is 2. The van der Waals surface area contributed by atoms with Gasteiger partial charge in [0.15, 0.2) is 11.9 Å². The van der Waals surface area contributed by atoms with Crippen molar-refractivity contribution in [2.45, 2.75) is 46.3 Å². The van der Waals surface area contributed by atoms with Gasteiger partial charge < -0.3 is 19.7 Å². The van der Waals surface area contributed by atoms with Gasteiger partial charge in [0, 0.05) is 29.2 Å². The standard InChI is InChI=1S/C25H28FN3O5/c1-5-21(33-18-10-11-19(20(26)12-18)22(31)14(2)3)25-28-23(29-34-25)16-6-8-17(9-7-16)24(32)27-15(4)13-30/h6-12,14-15,21,30H,5,13H2,1-4H3,(H,27,32)/t15-,21-/m1/s1. The number of hydrogen-bond donors (Lipinski definition) is 2. The monoisotopic (exact) mass is 469 g/mol. The molecule has 0 aliphatic carbocycles. The summed E-state index contributed by atoms with van der Waals surface area (Å²) >= 11 is 0. The van der Waals surface area contributed by atoms with E-state index in [9.17, 15) is 14.0 Å². The third kappa shape index (κ3) is 5.85. The lowest BCUT2D eigenvalue weighted by atomic mass is 10.0. The molecule has 1 heterocycles. The minimum absolute atomic E-state index is 0.0263. The van der Waals surface area contributed by atoms with Gasteiger partial charge in [-0.15, -0.1) is 0 Å². The Morgan fingerprint density at radius 2 is 1.85 bits per heavy atom. The summed E-state index contributed by atoms with van der Waals surface area (Å²) in [6.07, 6.45) is -0.129. The van der Waals surface area contributed by atoms with Crippen molar-refractivity contribution in [3.63, 3.8) is 0 Å². The highest BCUT2D eigenvalue weighted by molar-refractivity contribution is 5.97. The average Bonchev–Trinajstić information content (AvgIpc) is 3.32. The molecular weight excluding hydrogens is 441 g/mol. The molecule has 0 fully saturated rings. The van der Waals surface area contributed by atoms with E-state index in [0.29, 0.717) is 23.4 Å². The van der Waals surface area contributed by atoms with Crippen LogP contribution in [-0.2, 0) is 0 Å². The van der Waals surface area contributed by atoms with E-state index in [1.807, 2.05) is 6.92 Å². The topological polar surface area (TPSA) is 115 Å². The molecule has 9 heteroatoms. The zero-order valence-corrected chi connectivity index (χ0v) is 19.5. The molecule has 3 rings (SSSR count). The molecule has 1 amide bonds. The van der Waals surface area contributed by atoms with Crippen LogP contribution in [0.5, 0.6) is 5.75 Å². The van der Waals surface area contributed by atoms with Gasteiger partial charge in [0.25, 0.3) is 11.8 Å². The van der Waals surface area contributed by atoms with Crippen molar-refractivity contribution in [2.24, 2.45) is 5.92 Å². The van der Waals surface area contributed by atoms with Crippen LogP contribution in [0.2, 0.25) is 0 Å². The Kier molecular flexibility index (Phi) is 8.12. The Balaban J connectivity index is 1.72. The maximum absolute atomic E-state index is 14.4. The van der Waals surface area contributed by atoms with E-state index in [1.54, 1.807) is 51.1 Å². The van der Waals surface area contributed by atoms with Crippen LogP contribution in [0.15, 0.2) is 47.0 Å². The Morgan fingerprint density at radius 3 is 2.44 bits per heavy atom. The van der Waals surface area contributed by atoms with E-state index in [4.69, 9.17) is 14.4 Å². The molecule has 0 aliphatic rings. The van der Waals surface area contributed by atoms with Crippen LogP contribution in [-0.4, -0.2) is 39.6 Å². The minimum Gasteiger partial charge on any atom is -0.480 e. The first-order chi connectivity index (χ1) is 16.2. The second-order valence-corrected chi connectivity index (χ2v) is 8.27. The van der Waals surface area contributed by atoms with E-state index in [0.717, 1.165) is 0 Å². The molecule has 0 saturated carbocycles. The summed E-state index contributed by atoms with van der Waals surface area (Å²) < 4.78 is 25.7. The number of aliphatic hydroxyl groups excluding tert-OH is 1. The molecule has 0 spiro atoms. The molecule has 34 heavy (non-hydrogen) atoms. The summed E-state index contributed by atoms with van der Waals surface area (Å²) in [4.78, 5) is 28.6. The molecule has 0 saturated heterocycles. The summed E-state index contributed by atoms with van der Waals surface area (Å²) in [5.74, 6) is -0.741. The molecule has 0 unspecified atom stereocenters. The first-order valence-corrected chi connectivity index (χ1v) is 11.1. The summed E-state index contributed by atoms with van der Waals surface area (Å²) in [5, 5.41) is 15.7. The van der Waals surface area contributed by atoms with Crippen LogP contribution in [0.3, 0.4) is 0 Å². The summed E-state index contributed by atoms with van der Waals surface area (Å²) in [6, 6.07) is 10.4. The number of rotatable bonds is 10. The highest BCUT2D eigenvalue weighted by Crippen LogP contribution is 2.27. The largest absolute Gasteiger partial charge is 0.480 e. The highest BCUT2D eigenvalue weighted by Gasteiger charge is 2.22. The van der Waals surface area contributed by atoms with Crippen LogP contribution < -0.4 is 10.1 Å². The van der Waals surface area contributed by atoms with Crippen molar-refractivity contribution in [2.75, 3.05) is 6.61 Å². The van der Waals surface area contributed by atoms with E-state index in [-0.39, 0.29) is 47.5 Å². The number of Topliss-reactive ketones (excluding diaryl/α,β-unsaturated/α-hetero) is 1. The van der Waals surface area contributed by atoms with E-state index >= 15 is 0 Å². The number of carbonyl (C=O) groups excluding carboxylic acids is 2. The maximum atomic E-state index is 14.4. The van der Waals surface area contributed by atoms with Crippen molar-refractivity contribution in [1.29, 1.82) is 0 Å². The zero-order chi connectivity index (χ0) is 24.8. The SMILES string of the molecule is CC[C@@H](Oc1ccc(C(=O)C(C)C)c(F)c1)c1nc(-c2ccc(C(=O)N[C@H](C)CO)cc2)no1. The number of aliphatic hydroxyl groups is 1. The van der Waals surface area contributed by atoms with Crippen molar-refractivity contribution in [1.82, 2.24) is 15.5 Å². The maximum Gasteiger partial charge on any atom is 0.268 e. The van der Waals surface area contributed by atoms with Crippen LogP contribution in [0, 0.1) is 11.7 Å². The Hall–Kier alpha value is -3.59. The molecule has 2 atom stereocenters. The fraction of sp³-hybridized carbons (Fsp3) is 0.360. The van der Waals surface area contributed by atoms with Crippen molar-refractivity contribution in [3.8, 4) is 17.1 Å². The molecule has 3 aromatic rings. The normalized spacial score (nSPS) is 12.9. The van der Waals surface area contributed by atoms with Gasteiger partial charge in [-0.1, -0.05) is 38.1 Å². The molecule has 0 radical (unpaired) electrons. The van der Waals surface area contributed by atoms with E-state index < -0.39 is 11.9 Å². The fourth-order valence-electron chi connectivity index (χ4n) is 3.16. The third-order valence-electron chi connectivity index (χ3n) is 5.15. The Morgan fingerprint density at radius 1 is 1.15 bits per heavy atom. The molecule has 0 bridgehead atoms. The van der Waals surface area contributed by atoms with Crippen molar-refractivity contribution < 1.29 is 28.3 Å². The van der Waals surface area contributed by atoms with Gasteiger partial charge in [-0.05, 0) is 37.6 Å². The third-order valence-corrected chi connectivity index (χ3v) is 5.15. The van der Waals surface area contributed by atoms with Crippen molar-refractivity contribution >= 4 is 11.7 Å². The molecule has 180 valence electrons. The molecule has 1 aromatic heterocycles. The van der Waals surface area contributed by atoms with Crippen molar-refractivity contribution in [3.05, 3.63) is 65.3 Å².